The van der Waals surface area contributed by atoms with E-state index in [1.165, 1.54) is 27.8 Å². The molecular weight excluding hydrogens is 458 g/mol. The van der Waals surface area contributed by atoms with Crippen LogP contribution in [0.5, 0.6) is 0 Å². The molecule has 0 spiro atoms. The first-order chi connectivity index (χ1) is 18.1. The smallest absolute Gasteiger partial charge is 0.0960 e. The normalized spacial score (nSPS) is 18.1. The van der Waals surface area contributed by atoms with Gasteiger partial charge in [-0.2, -0.15) is 0 Å². The van der Waals surface area contributed by atoms with Crippen molar-refractivity contribution in [3.05, 3.63) is 84.2 Å². The maximum absolute atomic E-state index is 10.7. The molecule has 6 rings (SSSR count). The molecule has 1 atom stereocenters. The van der Waals surface area contributed by atoms with E-state index in [4.69, 9.17) is 0 Å². The Balaban J connectivity index is 1.11. The predicted molar refractivity (Wildman–Crippen MR) is 151 cm³/mol. The van der Waals surface area contributed by atoms with Gasteiger partial charge in [0.15, 0.2) is 0 Å². The van der Waals surface area contributed by atoms with Gasteiger partial charge in [0.05, 0.1) is 23.5 Å². The predicted octanol–water partition coefficient (Wildman–Crippen LogP) is 4.80. The Bertz CT molecular complexity index is 1360. The fourth-order valence-electron chi connectivity index (χ4n) is 5.89. The molecule has 192 valence electrons. The number of nitrogens with one attached hydrogen (secondary N) is 1. The van der Waals surface area contributed by atoms with Gasteiger partial charge in [-0.25, -0.2) is 4.98 Å². The van der Waals surface area contributed by atoms with Crippen LogP contribution in [0.25, 0.3) is 22.2 Å². The standard InChI is InChI=1S/C31H37N5O/c1-34-14-12-28(13-15-34)36-22-33-30-10-9-25(18-31(30)36)24-7-4-8-27(17-24)32-19-29(37)21-35-16-11-23-5-2-3-6-26(23)20-35/h2-10,17-18,22,28-29,32,37H,11-16,19-21H2,1H3. The molecule has 0 bridgehead atoms. The summed E-state index contributed by atoms with van der Waals surface area (Å²) < 4.78 is 2.38. The summed E-state index contributed by atoms with van der Waals surface area (Å²) in [7, 11) is 2.20. The van der Waals surface area contributed by atoms with E-state index in [0.717, 1.165) is 56.6 Å². The van der Waals surface area contributed by atoms with Crippen molar-refractivity contribution in [2.24, 2.45) is 0 Å². The van der Waals surface area contributed by atoms with Gasteiger partial charge in [0.25, 0.3) is 0 Å². The van der Waals surface area contributed by atoms with Crippen molar-refractivity contribution < 1.29 is 5.11 Å². The van der Waals surface area contributed by atoms with E-state index < -0.39 is 6.10 Å². The number of likely N-dealkylation sites (tertiary alicyclic amines) is 1. The number of nitrogens with zero attached hydrogens (tertiary/aromatic N) is 4. The lowest BCUT2D eigenvalue weighted by atomic mass is 10.00. The van der Waals surface area contributed by atoms with Crippen LogP contribution in [-0.4, -0.2) is 70.3 Å². The minimum Gasteiger partial charge on any atom is -0.390 e. The molecule has 0 aliphatic carbocycles. The lowest BCUT2D eigenvalue weighted by Gasteiger charge is -2.30. The highest BCUT2D eigenvalue weighted by Crippen LogP contribution is 2.30. The van der Waals surface area contributed by atoms with Crippen LogP contribution in [0, 0.1) is 0 Å². The van der Waals surface area contributed by atoms with Crippen LogP contribution < -0.4 is 5.32 Å². The summed E-state index contributed by atoms with van der Waals surface area (Å²) in [6.45, 7) is 5.39. The van der Waals surface area contributed by atoms with Crippen molar-refractivity contribution in [3.63, 3.8) is 0 Å². The fourth-order valence-corrected chi connectivity index (χ4v) is 5.89. The lowest BCUT2D eigenvalue weighted by molar-refractivity contribution is 0.114. The number of benzene rings is 3. The highest BCUT2D eigenvalue weighted by Gasteiger charge is 2.20. The molecule has 1 aromatic heterocycles. The largest absolute Gasteiger partial charge is 0.390 e. The Morgan fingerprint density at radius 3 is 2.62 bits per heavy atom. The van der Waals surface area contributed by atoms with Gasteiger partial charge in [0, 0.05) is 37.9 Å². The number of aromatic nitrogens is 2. The monoisotopic (exact) mass is 495 g/mol. The maximum Gasteiger partial charge on any atom is 0.0960 e. The maximum atomic E-state index is 10.7. The fraction of sp³-hybridized carbons (Fsp3) is 0.387. The van der Waals surface area contributed by atoms with E-state index in [1.807, 2.05) is 6.33 Å². The summed E-state index contributed by atoms with van der Waals surface area (Å²) in [5.74, 6) is 0. The summed E-state index contributed by atoms with van der Waals surface area (Å²) in [6.07, 6.45) is 4.98. The third-order valence-corrected chi connectivity index (χ3v) is 8.07. The Hall–Kier alpha value is -3.19. The van der Waals surface area contributed by atoms with Crippen molar-refractivity contribution in [2.45, 2.75) is 38.0 Å². The van der Waals surface area contributed by atoms with Gasteiger partial charge in [-0.1, -0.05) is 42.5 Å². The molecule has 2 N–H and O–H groups in total. The lowest BCUT2D eigenvalue weighted by Crippen LogP contribution is -2.39. The van der Waals surface area contributed by atoms with Crippen LogP contribution in [0.3, 0.4) is 0 Å². The van der Waals surface area contributed by atoms with E-state index in [2.05, 4.69) is 98.4 Å². The first-order valence-electron chi connectivity index (χ1n) is 13.6. The zero-order valence-electron chi connectivity index (χ0n) is 21.7. The third-order valence-electron chi connectivity index (χ3n) is 8.07. The van der Waals surface area contributed by atoms with Gasteiger partial charge in [0.1, 0.15) is 0 Å². The van der Waals surface area contributed by atoms with Crippen LogP contribution >= 0.6 is 0 Å². The van der Waals surface area contributed by atoms with E-state index in [0.29, 0.717) is 19.1 Å². The van der Waals surface area contributed by atoms with Gasteiger partial charge in [0.2, 0.25) is 0 Å². The highest BCUT2D eigenvalue weighted by atomic mass is 16.3. The summed E-state index contributed by atoms with van der Waals surface area (Å²) in [4.78, 5) is 9.44. The number of aliphatic hydroxyl groups excluding tert-OH is 1. The molecule has 0 saturated carbocycles. The summed E-state index contributed by atoms with van der Waals surface area (Å²) in [5, 5.41) is 14.2. The summed E-state index contributed by atoms with van der Waals surface area (Å²) in [6, 6.07) is 24.2. The van der Waals surface area contributed by atoms with Crippen molar-refractivity contribution >= 4 is 16.7 Å². The average Bonchev–Trinajstić information content (AvgIpc) is 3.36. The molecule has 6 nitrogen and oxygen atoms in total. The van der Waals surface area contributed by atoms with Crippen molar-refractivity contribution in [1.82, 2.24) is 19.4 Å². The Morgan fingerprint density at radius 2 is 1.76 bits per heavy atom. The van der Waals surface area contributed by atoms with E-state index in [9.17, 15) is 5.11 Å². The van der Waals surface area contributed by atoms with Crippen molar-refractivity contribution in [1.29, 1.82) is 0 Å². The molecule has 0 radical (unpaired) electrons. The first-order valence-corrected chi connectivity index (χ1v) is 13.6. The summed E-state index contributed by atoms with van der Waals surface area (Å²) in [5.41, 5.74) is 8.49. The van der Waals surface area contributed by atoms with Gasteiger partial charge in [-0.15, -0.1) is 0 Å². The number of imidazole rings is 1. The molecule has 0 amide bonds. The van der Waals surface area contributed by atoms with Crippen LogP contribution in [0.15, 0.2) is 73.1 Å². The van der Waals surface area contributed by atoms with Crippen molar-refractivity contribution in [3.8, 4) is 11.1 Å². The van der Waals surface area contributed by atoms with Crippen LogP contribution in [-0.2, 0) is 13.0 Å². The topological polar surface area (TPSA) is 56.6 Å². The van der Waals surface area contributed by atoms with Gasteiger partial charge >= 0.3 is 0 Å². The molecule has 3 aromatic carbocycles. The number of piperidine rings is 1. The Morgan fingerprint density at radius 1 is 0.946 bits per heavy atom. The average molecular weight is 496 g/mol. The second-order valence-electron chi connectivity index (χ2n) is 10.8. The molecule has 1 saturated heterocycles. The summed E-state index contributed by atoms with van der Waals surface area (Å²) >= 11 is 0. The molecule has 1 fully saturated rings. The number of β-amino-alcohol motifs (C(OH)–C–C–N with tert-alkyl or cyclic N) is 1. The van der Waals surface area contributed by atoms with E-state index in [-0.39, 0.29) is 0 Å². The van der Waals surface area contributed by atoms with Gasteiger partial charge in [-0.3, -0.25) is 4.90 Å². The minimum absolute atomic E-state index is 0.422. The quantitative estimate of drug-likeness (QED) is 0.386. The molecule has 37 heavy (non-hydrogen) atoms. The van der Waals surface area contributed by atoms with Gasteiger partial charge < -0.3 is 19.9 Å². The van der Waals surface area contributed by atoms with E-state index >= 15 is 0 Å². The zero-order valence-corrected chi connectivity index (χ0v) is 21.7. The highest BCUT2D eigenvalue weighted by molar-refractivity contribution is 5.83. The van der Waals surface area contributed by atoms with Crippen LogP contribution in [0.2, 0.25) is 0 Å². The number of anilines is 1. The Kier molecular flexibility index (Phi) is 6.96. The van der Waals surface area contributed by atoms with Crippen molar-refractivity contribution in [2.75, 3.05) is 45.1 Å². The minimum atomic E-state index is -0.422. The third kappa shape index (κ3) is 5.42. The molecule has 1 unspecified atom stereocenters. The number of aliphatic hydroxyl groups is 1. The van der Waals surface area contributed by atoms with Crippen LogP contribution in [0.1, 0.15) is 30.0 Å². The van der Waals surface area contributed by atoms with Gasteiger partial charge in [-0.05, 0) is 85.9 Å². The Labute approximate surface area is 219 Å². The van der Waals surface area contributed by atoms with Crippen LogP contribution in [0.4, 0.5) is 5.69 Å². The molecule has 3 heterocycles. The first kappa shape index (κ1) is 24.2. The second-order valence-corrected chi connectivity index (χ2v) is 10.8. The number of fused-ring (bicyclic) bond motifs is 2. The molecular formula is C31H37N5O. The molecule has 2 aliphatic heterocycles. The molecule has 6 heteroatoms. The second kappa shape index (κ2) is 10.7. The SMILES string of the molecule is CN1CCC(n2cnc3ccc(-c4cccc(NCC(O)CN5CCc6ccccc6C5)c4)cc32)CC1. The van der Waals surface area contributed by atoms with E-state index in [1.54, 1.807) is 0 Å². The molecule has 2 aliphatic rings. The zero-order chi connectivity index (χ0) is 25.2. The number of hydrogen-bond acceptors (Lipinski definition) is 5. The number of hydrogen-bond donors (Lipinski definition) is 2. The number of rotatable bonds is 7. The molecule has 4 aromatic rings.